The summed E-state index contributed by atoms with van der Waals surface area (Å²) in [7, 11) is 0. The van der Waals surface area contributed by atoms with Crippen LogP contribution in [0.25, 0.3) is 0 Å². The van der Waals surface area contributed by atoms with Gasteiger partial charge in [0.15, 0.2) is 0 Å². The molecule has 0 spiro atoms. The number of ether oxygens (including phenoxy) is 9. The van der Waals surface area contributed by atoms with Crippen LogP contribution in [0.5, 0.6) is 0 Å². The molecule has 442 valence electrons. The first-order valence-electron chi connectivity index (χ1n) is 25.7. The SMILES string of the molecule is O=C(O)CN1CCN(CC(=O)O)CCN(C(CCC(=O)NCCOCCOCCOCCOCCOCCNC(=O)CCOCCOCCOCCOCCC(=O)ON2C(=O)CCC2=O)C(=O)O)CCN(CC(=O)O)CC1. The Morgan fingerprint density at radius 1 is 0.416 bits per heavy atom. The van der Waals surface area contributed by atoms with Crippen molar-refractivity contribution in [1.29, 1.82) is 0 Å². The molecule has 0 aromatic heterocycles. The van der Waals surface area contributed by atoms with E-state index in [2.05, 4.69) is 10.6 Å². The van der Waals surface area contributed by atoms with Gasteiger partial charge in [-0.1, -0.05) is 0 Å². The van der Waals surface area contributed by atoms with Gasteiger partial charge in [-0.15, -0.1) is 5.06 Å². The number of imide groups is 1. The Morgan fingerprint density at radius 2 is 0.727 bits per heavy atom. The number of nitrogens with one attached hydrogen (secondary N) is 2. The molecule has 0 aromatic carbocycles. The first-order valence-corrected chi connectivity index (χ1v) is 25.7. The lowest BCUT2D eigenvalue weighted by Crippen LogP contribution is -2.52. The lowest BCUT2D eigenvalue weighted by Gasteiger charge is -2.35. The van der Waals surface area contributed by atoms with Gasteiger partial charge in [-0.2, -0.15) is 0 Å². The molecular weight excluding hydrogens is 1030 g/mol. The van der Waals surface area contributed by atoms with Crippen LogP contribution < -0.4 is 10.6 Å². The summed E-state index contributed by atoms with van der Waals surface area (Å²) in [5.41, 5.74) is 0. The molecule has 6 N–H and O–H groups in total. The van der Waals surface area contributed by atoms with Crippen LogP contribution in [-0.2, 0) is 90.6 Å². The summed E-state index contributed by atoms with van der Waals surface area (Å²) in [6, 6.07) is -1.12. The molecule has 2 aliphatic rings. The molecule has 0 saturated carbocycles. The maximum Gasteiger partial charge on any atom is 0.335 e. The van der Waals surface area contributed by atoms with Crippen LogP contribution in [-0.4, -0.2) is 309 Å². The van der Waals surface area contributed by atoms with Crippen molar-refractivity contribution in [3.63, 3.8) is 0 Å². The van der Waals surface area contributed by atoms with E-state index in [-0.39, 0.29) is 169 Å². The maximum absolute atomic E-state index is 12.7. The van der Waals surface area contributed by atoms with Gasteiger partial charge in [0.2, 0.25) is 11.8 Å². The summed E-state index contributed by atoms with van der Waals surface area (Å²) in [5, 5.41) is 44.4. The first-order chi connectivity index (χ1) is 37.1. The highest BCUT2D eigenvalue weighted by Crippen LogP contribution is 2.13. The number of carbonyl (C=O) groups is 9. The number of aliphatic carboxylic acids is 4. The molecule has 30 heteroatoms. The van der Waals surface area contributed by atoms with Crippen molar-refractivity contribution < 1.29 is 111 Å². The van der Waals surface area contributed by atoms with Gasteiger partial charge in [0.05, 0.1) is 145 Å². The van der Waals surface area contributed by atoms with Crippen LogP contribution in [0.4, 0.5) is 0 Å². The number of carbonyl (C=O) groups excluding carboxylic acids is 5. The molecule has 2 heterocycles. The predicted molar refractivity (Wildman–Crippen MR) is 264 cm³/mol. The second-order valence-electron chi connectivity index (χ2n) is 17.2. The molecule has 0 radical (unpaired) electrons. The van der Waals surface area contributed by atoms with Crippen molar-refractivity contribution in [1.82, 2.24) is 35.3 Å². The van der Waals surface area contributed by atoms with Gasteiger partial charge in [0.25, 0.3) is 11.8 Å². The Hall–Kier alpha value is -5.09. The molecule has 2 saturated heterocycles. The second kappa shape index (κ2) is 43.8. The molecule has 77 heavy (non-hydrogen) atoms. The standard InChI is InChI=1S/C47H81N7O23/c55-39(2-1-38(47(66)67)53-15-13-51(36-44(61)62)11-9-50(35-43(59)60)10-12-52(14-16-53)37-45(63)64)48-7-19-70-23-27-74-31-33-76-34-32-75-28-24-71-20-8-49-40(56)5-17-68-21-25-72-29-30-73-26-22-69-18-6-46(65)77-54-41(57)3-4-42(54)58/h38H,1-37H2,(H,48,55)(H,49,56)(H,59,60)(H,61,62)(H,63,64)(H,66,67). The molecule has 30 nitrogen and oxygen atoms in total. The Bertz CT molecular complexity index is 1690. The predicted octanol–water partition coefficient (Wildman–Crippen LogP) is -3.54. The van der Waals surface area contributed by atoms with E-state index in [1.165, 1.54) is 0 Å². The first kappa shape index (κ1) is 68.0. The normalized spacial score (nSPS) is 15.9. The molecular formula is C47H81N7O23. The summed E-state index contributed by atoms with van der Waals surface area (Å²) < 4.78 is 48.9. The van der Waals surface area contributed by atoms with Gasteiger partial charge in [0.1, 0.15) is 6.04 Å². The van der Waals surface area contributed by atoms with Crippen molar-refractivity contribution in [2.75, 3.05) is 204 Å². The highest BCUT2D eigenvalue weighted by atomic mass is 16.7. The van der Waals surface area contributed by atoms with Crippen LogP contribution in [0.3, 0.4) is 0 Å². The van der Waals surface area contributed by atoms with Gasteiger partial charge in [-0.05, 0) is 6.42 Å². The molecule has 0 aliphatic carbocycles. The van der Waals surface area contributed by atoms with E-state index in [1.807, 2.05) is 0 Å². The molecule has 1 atom stereocenters. The average molecular weight is 1110 g/mol. The van der Waals surface area contributed by atoms with E-state index < -0.39 is 47.7 Å². The van der Waals surface area contributed by atoms with E-state index in [0.29, 0.717) is 90.9 Å². The zero-order valence-corrected chi connectivity index (χ0v) is 44.0. The third-order valence-corrected chi connectivity index (χ3v) is 11.2. The number of rotatable bonds is 45. The highest BCUT2D eigenvalue weighted by molar-refractivity contribution is 6.01. The zero-order chi connectivity index (χ0) is 56.3. The summed E-state index contributed by atoms with van der Waals surface area (Å²) in [4.78, 5) is 117. The van der Waals surface area contributed by atoms with E-state index in [9.17, 15) is 63.6 Å². The lowest BCUT2D eigenvalue weighted by molar-refractivity contribution is -0.198. The number of carboxylic acid groups (broad SMARTS) is 4. The van der Waals surface area contributed by atoms with Crippen LogP contribution in [0.15, 0.2) is 0 Å². The number of hydroxylamine groups is 2. The lowest BCUT2D eigenvalue weighted by atomic mass is 10.1. The van der Waals surface area contributed by atoms with Crippen molar-refractivity contribution >= 4 is 53.5 Å². The Kier molecular flexibility index (Phi) is 38.7. The van der Waals surface area contributed by atoms with Crippen molar-refractivity contribution in [2.45, 2.75) is 44.6 Å². The second-order valence-corrected chi connectivity index (χ2v) is 17.2. The van der Waals surface area contributed by atoms with Crippen LogP contribution in [0, 0.1) is 0 Å². The monoisotopic (exact) mass is 1110 g/mol. The minimum atomic E-state index is -1.18. The Labute approximate surface area is 447 Å². The molecule has 1 unspecified atom stereocenters. The fraction of sp³-hybridized carbons (Fsp3) is 0.809. The van der Waals surface area contributed by atoms with Gasteiger partial charge >= 0.3 is 29.8 Å². The van der Waals surface area contributed by atoms with E-state index in [4.69, 9.17) is 47.5 Å². The minimum Gasteiger partial charge on any atom is -0.480 e. The van der Waals surface area contributed by atoms with Crippen LogP contribution >= 0.6 is 0 Å². The molecule has 2 rings (SSSR count). The largest absolute Gasteiger partial charge is 0.480 e. The van der Waals surface area contributed by atoms with Crippen molar-refractivity contribution in [3.05, 3.63) is 0 Å². The summed E-state index contributed by atoms with van der Waals surface area (Å²) in [5.74, 6) is -6.83. The number of carboxylic acids is 4. The Balaban J connectivity index is 1.39. The van der Waals surface area contributed by atoms with Gasteiger partial charge in [0, 0.05) is 91.1 Å². The van der Waals surface area contributed by atoms with E-state index >= 15 is 0 Å². The molecule has 0 aromatic rings. The fourth-order valence-corrected chi connectivity index (χ4v) is 7.21. The zero-order valence-electron chi connectivity index (χ0n) is 44.0. The average Bonchev–Trinajstić information content (AvgIpc) is 3.69. The third-order valence-electron chi connectivity index (χ3n) is 11.2. The number of nitrogens with zero attached hydrogens (tertiary/aromatic N) is 5. The smallest absolute Gasteiger partial charge is 0.335 e. The van der Waals surface area contributed by atoms with Crippen LogP contribution in [0.1, 0.15) is 38.5 Å². The van der Waals surface area contributed by atoms with E-state index in [0.717, 1.165) is 0 Å². The quantitative estimate of drug-likeness (QED) is 0.0254. The van der Waals surface area contributed by atoms with Gasteiger partial charge < -0.3 is 78.5 Å². The van der Waals surface area contributed by atoms with Gasteiger partial charge in [-0.25, -0.2) is 4.79 Å². The summed E-state index contributed by atoms with van der Waals surface area (Å²) >= 11 is 0. The van der Waals surface area contributed by atoms with Crippen molar-refractivity contribution in [3.8, 4) is 0 Å². The number of hydrogen-bond acceptors (Lipinski definition) is 23. The number of hydrogen-bond donors (Lipinski definition) is 6. The fourth-order valence-electron chi connectivity index (χ4n) is 7.21. The maximum atomic E-state index is 12.7. The highest BCUT2D eigenvalue weighted by Gasteiger charge is 2.33. The van der Waals surface area contributed by atoms with Gasteiger partial charge in [-0.3, -0.25) is 58.0 Å². The summed E-state index contributed by atoms with van der Waals surface area (Å²) in [6.45, 7) is 6.08. The molecule has 4 amide bonds. The topological polar surface area (TPSA) is 367 Å². The summed E-state index contributed by atoms with van der Waals surface area (Å²) in [6.07, 6.45) is -0.0381. The number of amides is 4. The van der Waals surface area contributed by atoms with E-state index in [1.54, 1.807) is 19.6 Å². The minimum absolute atomic E-state index is 0.0314. The third kappa shape index (κ3) is 36.6. The van der Waals surface area contributed by atoms with Crippen LogP contribution in [0.2, 0.25) is 0 Å². The molecule has 0 bridgehead atoms. The Morgan fingerprint density at radius 3 is 1.08 bits per heavy atom. The molecule has 2 aliphatic heterocycles. The van der Waals surface area contributed by atoms with Crippen molar-refractivity contribution in [2.24, 2.45) is 0 Å². The molecule has 2 fully saturated rings.